The molecule has 1 N–H and O–H groups in total. The predicted molar refractivity (Wildman–Crippen MR) is 108 cm³/mol. The van der Waals surface area contributed by atoms with Gasteiger partial charge >= 0.3 is 12.6 Å². The standard InChI is InChI=1S/C20H17F2N7O2/c21-19(22)31-17-4-1-12(9-25-17)14-2-3-15-18(26-14)29(13-5-8-28(15)11-13)20(30)27-16-10-23-6-7-24-16/h1-4,6-7,9-10,13,19H,5,8,11H2,(H,24,27,30)/t13-/m0/s1. The molecule has 5 rings (SSSR count). The zero-order valence-corrected chi connectivity index (χ0v) is 16.2. The second-order valence-corrected chi connectivity index (χ2v) is 7.08. The van der Waals surface area contributed by atoms with E-state index in [0.717, 1.165) is 25.2 Å². The summed E-state index contributed by atoms with van der Waals surface area (Å²) in [7, 11) is 0. The molecular formula is C20H17F2N7O2. The molecule has 0 unspecified atom stereocenters. The number of pyridine rings is 2. The van der Waals surface area contributed by atoms with Crippen molar-refractivity contribution in [1.29, 1.82) is 0 Å². The molecule has 3 aromatic heterocycles. The summed E-state index contributed by atoms with van der Waals surface area (Å²) < 4.78 is 29.0. The van der Waals surface area contributed by atoms with Gasteiger partial charge in [-0.3, -0.25) is 15.2 Å². The van der Waals surface area contributed by atoms with Gasteiger partial charge in [0, 0.05) is 43.3 Å². The van der Waals surface area contributed by atoms with Gasteiger partial charge in [-0.05, 0) is 24.6 Å². The number of ether oxygens (including phenoxy) is 1. The van der Waals surface area contributed by atoms with Crippen LogP contribution in [0.3, 0.4) is 0 Å². The van der Waals surface area contributed by atoms with Crippen molar-refractivity contribution in [3.05, 3.63) is 49.1 Å². The minimum absolute atomic E-state index is 0.0214. The SMILES string of the molecule is O=C(Nc1cnccn1)N1c2nc(-c3ccc(OC(F)F)nc3)ccc2N2CC[C@H]1C2. The Morgan fingerprint density at radius 1 is 1.16 bits per heavy atom. The first-order chi connectivity index (χ1) is 15.1. The summed E-state index contributed by atoms with van der Waals surface area (Å²) in [5, 5.41) is 2.78. The lowest BCUT2D eigenvalue weighted by Gasteiger charge is -2.35. The molecule has 11 heteroatoms. The average molecular weight is 425 g/mol. The Morgan fingerprint density at radius 3 is 2.81 bits per heavy atom. The smallest absolute Gasteiger partial charge is 0.388 e. The number of halogens is 2. The number of carbonyl (C=O) groups excluding carboxylic acids is 1. The van der Waals surface area contributed by atoms with E-state index in [4.69, 9.17) is 4.98 Å². The van der Waals surface area contributed by atoms with Gasteiger partial charge in [0.15, 0.2) is 11.6 Å². The first-order valence-corrected chi connectivity index (χ1v) is 9.62. The van der Waals surface area contributed by atoms with Gasteiger partial charge in [-0.15, -0.1) is 0 Å². The van der Waals surface area contributed by atoms with Gasteiger partial charge in [-0.1, -0.05) is 0 Å². The summed E-state index contributed by atoms with van der Waals surface area (Å²) >= 11 is 0. The Morgan fingerprint density at radius 2 is 2.06 bits per heavy atom. The molecule has 158 valence electrons. The maximum Gasteiger partial charge on any atom is 0.388 e. The Kier molecular flexibility index (Phi) is 4.77. The van der Waals surface area contributed by atoms with Crippen LogP contribution >= 0.6 is 0 Å². The summed E-state index contributed by atoms with van der Waals surface area (Å²) in [6, 6.07) is 6.32. The molecule has 0 radical (unpaired) electrons. The number of hydrogen-bond donors (Lipinski definition) is 1. The molecule has 3 aromatic rings. The predicted octanol–water partition coefficient (Wildman–Crippen LogP) is 3.17. The third kappa shape index (κ3) is 3.69. The van der Waals surface area contributed by atoms with Crippen LogP contribution in [0.15, 0.2) is 49.1 Å². The number of urea groups is 1. The van der Waals surface area contributed by atoms with Gasteiger partial charge in [0.25, 0.3) is 0 Å². The van der Waals surface area contributed by atoms with E-state index < -0.39 is 6.61 Å². The van der Waals surface area contributed by atoms with Crippen molar-refractivity contribution in [2.24, 2.45) is 0 Å². The average Bonchev–Trinajstić information content (AvgIpc) is 3.18. The summed E-state index contributed by atoms with van der Waals surface area (Å²) in [5.41, 5.74) is 2.04. The van der Waals surface area contributed by atoms with Crippen LogP contribution in [-0.4, -0.2) is 51.7 Å². The van der Waals surface area contributed by atoms with Crippen LogP contribution < -0.4 is 19.9 Å². The second-order valence-electron chi connectivity index (χ2n) is 7.08. The normalized spacial score (nSPS) is 16.9. The fourth-order valence-corrected chi connectivity index (χ4v) is 3.86. The summed E-state index contributed by atoms with van der Waals surface area (Å²) in [4.78, 5) is 33.6. The van der Waals surface area contributed by atoms with Gasteiger partial charge in [-0.25, -0.2) is 19.7 Å². The molecule has 9 nitrogen and oxygen atoms in total. The highest BCUT2D eigenvalue weighted by Crippen LogP contribution is 2.40. The van der Waals surface area contributed by atoms with E-state index in [9.17, 15) is 13.6 Å². The van der Waals surface area contributed by atoms with E-state index in [1.807, 2.05) is 12.1 Å². The number of alkyl halides is 2. The second kappa shape index (κ2) is 7.74. The van der Waals surface area contributed by atoms with Crippen LogP contribution in [-0.2, 0) is 0 Å². The van der Waals surface area contributed by atoms with E-state index >= 15 is 0 Å². The molecule has 31 heavy (non-hydrogen) atoms. The van der Waals surface area contributed by atoms with Gasteiger partial charge in [0.2, 0.25) is 5.88 Å². The van der Waals surface area contributed by atoms with Crippen molar-refractivity contribution in [1.82, 2.24) is 19.9 Å². The molecule has 0 aromatic carbocycles. The third-order valence-corrected chi connectivity index (χ3v) is 5.21. The first-order valence-electron chi connectivity index (χ1n) is 9.62. The van der Waals surface area contributed by atoms with E-state index in [2.05, 4.69) is 29.9 Å². The number of nitrogens with zero attached hydrogens (tertiary/aromatic N) is 6. The molecule has 1 atom stereocenters. The van der Waals surface area contributed by atoms with Crippen molar-refractivity contribution in [3.63, 3.8) is 0 Å². The fourth-order valence-electron chi connectivity index (χ4n) is 3.86. The summed E-state index contributed by atoms with van der Waals surface area (Å²) in [6.07, 6.45) is 6.74. The summed E-state index contributed by atoms with van der Waals surface area (Å²) in [5.74, 6) is 0.704. The highest BCUT2D eigenvalue weighted by Gasteiger charge is 2.40. The lowest BCUT2D eigenvalue weighted by Crippen LogP contribution is -2.48. The number of nitrogens with one attached hydrogen (secondary N) is 1. The van der Waals surface area contributed by atoms with Gasteiger partial charge in [0.1, 0.15) is 0 Å². The topological polar surface area (TPSA) is 96.4 Å². The zero-order chi connectivity index (χ0) is 21.4. The molecule has 5 heterocycles. The van der Waals surface area contributed by atoms with E-state index in [-0.39, 0.29) is 18.0 Å². The van der Waals surface area contributed by atoms with Crippen LogP contribution in [0.5, 0.6) is 5.88 Å². The number of carbonyl (C=O) groups is 1. The maximum absolute atomic E-state index is 13.1. The largest absolute Gasteiger partial charge is 0.417 e. The molecule has 2 bridgehead atoms. The van der Waals surface area contributed by atoms with E-state index in [0.29, 0.717) is 22.9 Å². The quantitative estimate of drug-likeness (QED) is 0.686. The number of fused-ring (bicyclic) bond motifs is 4. The molecule has 1 fully saturated rings. The number of hydrogen-bond acceptors (Lipinski definition) is 7. The van der Waals surface area contributed by atoms with Crippen molar-refractivity contribution in [3.8, 4) is 17.1 Å². The Bertz CT molecular complexity index is 1100. The van der Waals surface area contributed by atoms with E-state index in [1.54, 1.807) is 11.0 Å². The lowest BCUT2D eigenvalue weighted by molar-refractivity contribution is -0.0528. The van der Waals surface area contributed by atoms with Crippen molar-refractivity contribution in [2.45, 2.75) is 19.1 Å². The minimum atomic E-state index is -2.94. The first kappa shape index (κ1) is 19.1. The fraction of sp³-hybridized carbons (Fsp3) is 0.250. The van der Waals surface area contributed by atoms with Crippen molar-refractivity contribution >= 4 is 23.4 Å². The zero-order valence-electron chi connectivity index (χ0n) is 16.2. The Hall–Kier alpha value is -3.89. The number of anilines is 3. The Labute approximate surface area is 175 Å². The van der Waals surface area contributed by atoms with Gasteiger partial charge in [0.05, 0.1) is 23.6 Å². The van der Waals surface area contributed by atoms with Crippen LogP contribution in [0.1, 0.15) is 6.42 Å². The molecule has 2 aliphatic rings. The van der Waals surface area contributed by atoms with Crippen LogP contribution in [0, 0.1) is 0 Å². The molecule has 2 aliphatic heterocycles. The van der Waals surface area contributed by atoms with Crippen molar-refractivity contribution < 1.29 is 18.3 Å². The highest BCUT2D eigenvalue weighted by molar-refractivity contribution is 6.04. The number of amides is 2. The van der Waals surface area contributed by atoms with Crippen LogP contribution in [0.25, 0.3) is 11.3 Å². The number of rotatable bonds is 4. The molecule has 0 saturated carbocycles. The van der Waals surface area contributed by atoms with Gasteiger partial charge < -0.3 is 9.64 Å². The van der Waals surface area contributed by atoms with Crippen LogP contribution in [0.2, 0.25) is 0 Å². The van der Waals surface area contributed by atoms with Crippen molar-refractivity contribution in [2.75, 3.05) is 28.2 Å². The van der Waals surface area contributed by atoms with Crippen LogP contribution in [0.4, 0.5) is 30.9 Å². The minimum Gasteiger partial charge on any atom is -0.417 e. The highest BCUT2D eigenvalue weighted by atomic mass is 19.3. The molecule has 1 saturated heterocycles. The summed E-state index contributed by atoms with van der Waals surface area (Å²) in [6.45, 7) is -1.39. The molecular weight excluding hydrogens is 408 g/mol. The number of aromatic nitrogens is 4. The Balaban J connectivity index is 1.47. The van der Waals surface area contributed by atoms with Gasteiger partial charge in [-0.2, -0.15) is 8.78 Å². The van der Waals surface area contributed by atoms with E-state index in [1.165, 1.54) is 30.9 Å². The monoisotopic (exact) mass is 425 g/mol. The lowest BCUT2D eigenvalue weighted by atomic mass is 10.1. The molecule has 2 amide bonds. The maximum atomic E-state index is 13.1. The molecule has 0 spiro atoms. The molecule has 0 aliphatic carbocycles. The third-order valence-electron chi connectivity index (χ3n) is 5.21.